The van der Waals surface area contributed by atoms with Crippen LogP contribution in [0.4, 0.5) is 8.78 Å². The molecule has 0 aromatic carbocycles. The summed E-state index contributed by atoms with van der Waals surface area (Å²) in [6.45, 7) is 4.23. The fraction of sp³-hybridized carbons (Fsp3) is 1.00. The van der Waals surface area contributed by atoms with E-state index >= 15 is 0 Å². The summed E-state index contributed by atoms with van der Waals surface area (Å²) in [5.41, 5.74) is 0. The first kappa shape index (κ1) is 9.94. The molecule has 1 saturated carbocycles. The van der Waals surface area contributed by atoms with Gasteiger partial charge in [-0.15, -0.1) is 0 Å². The van der Waals surface area contributed by atoms with Crippen molar-refractivity contribution in [2.75, 3.05) is 0 Å². The molecule has 0 aromatic heterocycles. The van der Waals surface area contributed by atoms with Crippen molar-refractivity contribution in [3.8, 4) is 0 Å². The summed E-state index contributed by atoms with van der Waals surface area (Å²) in [6.07, 6.45) is 3.60. The van der Waals surface area contributed by atoms with Crippen LogP contribution in [0.15, 0.2) is 0 Å². The van der Waals surface area contributed by atoms with Gasteiger partial charge in [0.2, 0.25) is 5.92 Å². The maximum Gasteiger partial charge on any atom is 0.248 e. The van der Waals surface area contributed by atoms with Gasteiger partial charge in [-0.3, -0.25) is 0 Å². The van der Waals surface area contributed by atoms with E-state index in [4.69, 9.17) is 0 Å². The molecule has 72 valence electrons. The molecule has 12 heavy (non-hydrogen) atoms. The third-order valence-electron chi connectivity index (χ3n) is 2.97. The zero-order valence-electron chi connectivity index (χ0n) is 7.95. The van der Waals surface area contributed by atoms with Gasteiger partial charge >= 0.3 is 0 Å². The molecule has 1 atom stereocenters. The van der Waals surface area contributed by atoms with E-state index in [2.05, 4.69) is 13.8 Å². The standard InChI is InChI=1S/C10H18F2/c1-3-5-8(4-2)9-6-10(11,12)7-9/h8-9H,3-7H2,1-2H3. The molecular weight excluding hydrogens is 158 g/mol. The van der Waals surface area contributed by atoms with Gasteiger partial charge in [-0.1, -0.05) is 33.1 Å². The SMILES string of the molecule is CCCC(CC)C1CC(F)(F)C1. The van der Waals surface area contributed by atoms with Crippen molar-refractivity contribution in [1.82, 2.24) is 0 Å². The normalized spacial score (nSPS) is 25.0. The van der Waals surface area contributed by atoms with E-state index in [1.54, 1.807) is 0 Å². The average Bonchev–Trinajstić information content (AvgIpc) is 1.95. The third-order valence-corrected chi connectivity index (χ3v) is 2.97. The van der Waals surface area contributed by atoms with Gasteiger partial charge in [-0.25, -0.2) is 8.78 Å². The second-order valence-electron chi connectivity index (χ2n) is 3.98. The topological polar surface area (TPSA) is 0 Å². The third kappa shape index (κ3) is 2.18. The van der Waals surface area contributed by atoms with Gasteiger partial charge < -0.3 is 0 Å². The fourth-order valence-corrected chi connectivity index (χ4v) is 2.18. The van der Waals surface area contributed by atoms with E-state index in [1.165, 1.54) is 0 Å². The molecule has 0 nitrogen and oxygen atoms in total. The first-order valence-electron chi connectivity index (χ1n) is 4.97. The summed E-state index contributed by atoms with van der Waals surface area (Å²) in [4.78, 5) is 0. The molecule has 0 radical (unpaired) electrons. The van der Waals surface area contributed by atoms with Gasteiger partial charge in [0.15, 0.2) is 0 Å². The van der Waals surface area contributed by atoms with Gasteiger partial charge in [0.05, 0.1) is 0 Å². The van der Waals surface area contributed by atoms with Gasteiger partial charge in [0.1, 0.15) is 0 Å². The summed E-state index contributed by atoms with van der Waals surface area (Å²) >= 11 is 0. The number of alkyl halides is 2. The quantitative estimate of drug-likeness (QED) is 0.610. The predicted octanol–water partition coefficient (Wildman–Crippen LogP) is 3.86. The van der Waals surface area contributed by atoms with Crippen LogP contribution < -0.4 is 0 Å². The van der Waals surface area contributed by atoms with Crippen LogP contribution in [0.2, 0.25) is 0 Å². The maximum atomic E-state index is 12.5. The van der Waals surface area contributed by atoms with Crippen molar-refractivity contribution < 1.29 is 8.78 Å². The Morgan fingerprint density at radius 2 is 1.92 bits per heavy atom. The molecule has 0 heterocycles. The molecule has 1 aliphatic rings. The Hall–Kier alpha value is -0.140. The van der Waals surface area contributed by atoms with Crippen LogP contribution in [0.5, 0.6) is 0 Å². The molecule has 1 rings (SSSR count). The molecular formula is C10H18F2. The van der Waals surface area contributed by atoms with E-state index in [-0.39, 0.29) is 12.8 Å². The van der Waals surface area contributed by atoms with E-state index in [1.807, 2.05) is 0 Å². The average molecular weight is 176 g/mol. The van der Waals surface area contributed by atoms with Crippen LogP contribution in [-0.4, -0.2) is 5.92 Å². The molecule has 0 bridgehead atoms. The van der Waals surface area contributed by atoms with Crippen LogP contribution in [0.25, 0.3) is 0 Å². The molecule has 0 saturated heterocycles. The van der Waals surface area contributed by atoms with Crippen molar-refractivity contribution in [3.05, 3.63) is 0 Å². The summed E-state index contributed by atoms with van der Waals surface area (Å²) in [6, 6.07) is 0. The minimum absolute atomic E-state index is 0.144. The number of hydrogen-bond acceptors (Lipinski definition) is 0. The van der Waals surface area contributed by atoms with E-state index < -0.39 is 5.92 Å². The van der Waals surface area contributed by atoms with Crippen molar-refractivity contribution in [2.45, 2.75) is 51.9 Å². The van der Waals surface area contributed by atoms with Crippen LogP contribution >= 0.6 is 0 Å². The first-order chi connectivity index (χ1) is 5.59. The lowest BCUT2D eigenvalue weighted by Crippen LogP contribution is -2.39. The number of hydrogen-bond donors (Lipinski definition) is 0. The van der Waals surface area contributed by atoms with Gasteiger partial charge in [0, 0.05) is 12.8 Å². The summed E-state index contributed by atoms with van der Waals surface area (Å²) in [5, 5.41) is 0. The predicted molar refractivity (Wildman–Crippen MR) is 46.4 cm³/mol. The highest BCUT2D eigenvalue weighted by molar-refractivity contribution is 4.89. The van der Waals surface area contributed by atoms with E-state index in [9.17, 15) is 8.78 Å². The van der Waals surface area contributed by atoms with Crippen molar-refractivity contribution >= 4 is 0 Å². The highest BCUT2D eigenvalue weighted by atomic mass is 19.3. The zero-order chi connectivity index (χ0) is 9.19. The second kappa shape index (κ2) is 3.71. The highest BCUT2D eigenvalue weighted by Crippen LogP contribution is 2.47. The van der Waals surface area contributed by atoms with Gasteiger partial charge in [-0.2, -0.15) is 0 Å². The monoisotopic (exact) mass is 176 g/mol. The molecule has 1 unspecified atom stereocenters. The molecule has 0 spiro atoms. The van der Waals surface area contributed by atoms with Crippen LogP contribution in [0, 0.1) is 11.8 Å². The van der Waals surface area contributed by atoms with Crippen LogP contribution in [0.3, 0.4) is 0 Å². The largest absolute Gasteiger partial charge is 0.248 e. The lowest BCUT2D eigenvalue weighted by molar-refractivity contribution is -0.127. The number of halogens is 2. The minimum atomic E-state index is -2.33. The highest BCUT2D eigenvalue weighted by Gasteiger charge is 2.47. The Morgan fingerprint density at radius 3 is 2.25 bits per heavy atom. The van der Waals surface area contributed by atoms with Crippen LogP contribution in [-0.2, 0) is 0 Å². The lowest BCUT2D eigenvalue weighted by atomic mass is 9.71. The summed E-state index contributed by atoms with van der Waals surface area (Å²) in [7, 11) is 0. The maximum absolute atomic E-state index is 12.5. The van der Waals surface area contributed by atoms with E-state index in [0.29, 0.717) is 11.8 Å². The van der Waals surface area contributed by atoms with Gasteiger partial charge in [-0.05, 0) is 11.8 Å². The minimum Gasteiger partial charge on any atom is -0.207 e. The van der Waals surface area contributed by atoms with Crippen molar-refractivity contribution in [3.63, 3.8) is 0 Å². The van der Waals surface area contributed by atoms with Crippen molar-refractivity contribution in [1.29, 1.82) is 0 Å². The fourth-order valence-electron chi connectivity index (χ4n) is 2.18. The first-order valence-corrected chi connectivity index (χ1v) is 4.97. The Labute approximate surface area is 73.3 Å². The zero-order valence-corrected chi connectivity index (χ0v) is 7.95. The summed E-state index contributed by atoms with van der Waals surface area (Å²) < 4.78 is 25.1. The smallest absolute Gasteiger partial charge is 0.207 e. The molecule has 0 amide bonds. The Kier molecular flexibility index (Phi) is 3.08. The van der Waals surface area contributed by atoms with Crippen LogP contribution in [0.1, 0.15) is 46.0 Å². The van der Waals surface area contributed by atoms with E-state index in [0.717, 1.165) is 19.3 Å². The molecule has 1 fully saturated rings. The Balaban J connectivity index is 2.29. The molecule has 0 aliphatic heterocycles. The Morgan fingerprint density at radius 1 is 1.33 bits per heavy atom. The lowest BCUT2D eigenvalue weighted by Gasteiger charge is -2.40. The van der Waals surface area contributed by atoms with Gasteiger partial charge in [0.25, 0.3) is 0 Å². The van der Waals surface area contributed by atoms with Crippen molar-refractivity contribution in [2.24, 2.45) is 11.8 Å². The summed E-state index contributed by atoms with van der Waals surface area (Å²) in [5.74, 6) is -1.47. The Bertz CT molecular complexity index is 135. The molecule has 1 aliphatic carbocycles. The molecule has 0 aromatic rings. The second-order valence-corrected chi connectivity index (χ2v) is 3.98. The molecule has 0 N–H and O–H groups in total. The number of rotatable bonds is 4. The molecule has 2 heteroatoms.